The Hall–Kier alpha value is -2.14. The minimum absolute atomic E-state index is 0.00105. The van der Waals surface area contributed by atoms with Gasteiger partial charge >= 0.3 is 0 Å². The maximum Gasteiger partial charge on any atom is 0.262 e. The van der Waals surface area contributed by atoms with E-state index in [1.165, 1.54) is 5.56 Å². The molecule has 1 heterocycles. The van der Waals surface area contributed by atoms with Crippen molar-refractivity contribution in [3.05, 3.63) is 59.2 Å². The van der Waals surface area contributed by atoms with E-state index in [9.17, 15) is 4.79 Å². The minimum atomic E-state index is -0.0563. The average molecular weight is 386 g/mol. The molecule has 1 atom stereocenters. The molecule has 3 rings (SSSR count). The van der Waals surface area contributed by atoms with Gasteiger partial charge in [-0.25, -0.2) is 0 Å². The number of carbonyl (C=O) groups is 1. The van der Waals surface area contributed by atoms with Crippen molar-refractivity contribution >= 4 is 17.7 Å². The second-order valence-corrected chi connectivity index (χ2v) is 8.82. The number of hydrogen-bond donors (Lipinski definition) is 0. The number of carbonyl (C=O) groups excluding carboxylic acids is 1. The number of amides is 1. The largest absolute Gasteiger partial charge is 0.496 e. The molecule has 0 aromatic heterocycles. The predicted molar refractivity (Wildman–Crippen MR) is 111 cm³/mol. The summed E-state index contributed by atoms with van der Waals surface area (Å²) in [5.74, 6) is 1.94. The van der Waals surface area contributed by atoms with Crippen molar-refractivity contribution < 1.29 is 14.3 Å². The first-order valence-electron chi connectivity index (χ1n) is 9.11. The summed E-state index contributed by atoms with van der Waals surface area (Å²) in [6.07, 6.45) is 0. The molecule has 144 valence electrons. The molecule has 27 heavy (non-hydrogen) atoms. The third-order valence-electron chi connectivity index (χ3n) is 4.86. The highest BCUT2D eigenvalue weighted by atomic mass is 32.2. The number of ether oxygens (including phenoxy) is 2. The van der Waals surface area contributed by atoms with Crippen molar-refractivity contribution in [2.75, 3.05) is 26.5 Å². The Balaban J connectivity index is 1.92. The second kappa shape index (κ2) is 7.85. The fraction of sp³-hybridized carbons (Fsp3) is 0.409. The summed E-state index contributed by atoms with van der Waals surface area (Å²) in [4.78, 5) is 15.3. The number of methoxy groups -OCH3 is 2. The van der Waals surface area contributed by atoms with E-state index in [1.807, 2.05) is 11.0 Å². The Bertz CT molecular complexity index is 789. The number of rotatable bonds is 4. The molecule has 1 aliphatic heterocycles. The summed E-state index contributed by atoms with van der Waals surface area (Å²) in [5.41, 5.74) is 3.04. The van der Waals surface area contributed by atoms with Gasteiger partial charge in [-0.3, -0.25) is 4.79 Å². The molecular weight excluding hydrogens is 358 g/mol. The zero-order valence-corrected chi connectivity index (χ0v) is 17.4. The van der Waals surface area contributed by atoms with Gasteiger partial charge in [0.25, 0.3) is 5.91 Å². The molecule has 0 bridgehead atoms. The SMILES string of the molecule is COc1cccc(OC)c1C(=O)N1CCSC1c1ccc(C(C)(C)C)cc1. The van der Waals surface area contributed by atoms with Crippen LogP contribution in [-0.2, 0) is 5.41 Å². The molecule has 2 aromatic carbocycles. The van der Waals surface area contributed by atoms with Crippen molar-refractivity contribution in [1.29, 1.82) is 0 Å². The van der Waals surface area contributed by atoms with E-state index in [1.54, 1.807) is 38.1 Å². The lowest BCUT2D eigenvalue weighted by Crippen LogP contribution is -2.31. The van der Waals surface area contributed by atoms with Crippen LogP contribution in [0.5, 0.6) is 11.5 Å². The van der Waals surface area contributed by atoms with Crippen LogP contribution in [-0.4, -0.2) is 37.3 Å². The van der Waals surface area contributed by atoms with Gasteiger partial charge in [0.1, 0.15) is 22.4 Å². The minimum Gasteiger partial charge on any atom is -0.496 e. The molecule has 1 fully saturated rings. The fourth-order valence-electron chi connectivity index (χ4n) is 3.31. The van der Waals surface area contributed by atoms with Gasteiger partial charge in [-0.1, -0.05) is 51.1 Å². The molecule has 0 saturated carbocycles. The van der Waals surface area contributed by atoms with Crippen LogP contribution >= 0.6 is 11.8 Å². The number of nitrogens with zero attached hydrogens (tertiary/aromatic N) is 1. The number of hydrogen-bond acceptors (Lipinski definition) is 4. The van der Waals surface area contributed by atoms with Gasteiger partial charge in [-0.2, -0.15) is 0 Å². The Morgan fingerprint density at radius 3 is 2.15 bits per heavy atom. The van der Waals surface area contributed by atoms with E-state index < -0.39 is 0 Å². The summed E-state index contributed by atoms with van der Waals surface area (Å²) in [6.45, 7) is 7.32. The molecule has 1 aliphatic rings. The number of thioether (sulfide) groups is 1. The summed E-state index contributed by atoms with van der Waals surface area (Å²) in [5, 5.41) is 0.00105. The molecule has 4 nitrogen and oxygen atoms in total. The van der Waals surface area contributed by atoms with Crippen molar-refractivity contribution in [1.82, 2.24) is 4.90 Å². The van der Waals surface area contributed by atoms with Gasteiger partial charge in [0.2, 0.25) is 0 Å². The van der Waals surface area contributed by atoms with E-state index in [4.69, 9.17) is 9.47 Å². The van der Waals surface area contributed by atoms with Gasteiger partial charge in [0.05, 0.1) is 14.2 Å². The lowest BCUT2D eigenvalue weighted by molar-refractivity contribution is 0.0753. The lowest BCUT2D eigenvalue weighted by Gasteiger charge is -2.26. The van der Waals surface area contributed by atoms with Gasteiger partial charge in [-0.15, -0.1) is 11.8 Å². The third kappa shape index (κ3) is 3.93. The van der Waals surface area contributed by atoms with Crippen LogP contribution in [0.2, 0.25) is 0 Å². The van der Waals surface area contributed by atoms with Crippen molar-refractivity contribution in [2.45, 2.75) is 31.6 Å². The fourth-order valence-corrected chi connectivity index (χ4v) is 4.56. The Labute approximate surface area is 165 Å². The molecule has 0 spiro atoms. The molecule has 0 N–H and O–H groups in total. The normalized spacial score (nSPS) is 17.1. The first-order valence-corrected chi connectivity index (χ1v) is 10.2. The quantitative estimate of drug-likeness (QED) is 0.751. The molecule has 1 saturated heterocycles. The standard InChI is InChI=1S/C22H27NO3S/c1-22(2,3)16-11-9-15(10-12-16)21-23(13-14-27-21)20(24)19-17(25-4)7-6-8-18(19)26-5/h6-12,21H,13-14H2,1-5H3. The Morgan fingerprint density at radius 1 is 1.04 bits per heavy atom. The third-order valence-corrected chi connectivity index (χ3v) is 6.12. The van der Waals surface area contributed by atoms with E-state index in [2.05, 4.69) is 45.0 Å². The molecule has 0 radical (unpaired) electrons. The summed E-state index contributed by atoms with van der Waals surface area (Å²) >= 11 is 1.79. The highest BCUT2D eigenvalue weighted by Crippen LogP contribution is 2.41. The summed E-state index contributed by atoms with van der Waals surface area (Å²) < 4.78 is 10.9. The predicted octanol–water partition coefficient (Wildman–Crippen LogP) is 4.89. The Morgan fingerprint density at radius 2 is 1.63 bits per heavy atom. The van der Waals surface area contributed by atoms with Crippen LogP contribution in [0.15, 0.2) is 42.5 Å². The van der Waals surface area contributed by atoms with Crippen LogP contribution in [0.3, 0.4) is 0 Å². The smallest absolute Gasteiger partial charge is 0.262 e. The topological polar surface area (TPSA) is 38.8 Å². The second-order valence-electron chi connectivity index (χ2n) is 7.63. The first kappa shape index (κ1) is 19.6. The van der Waals surface area contributed by atoms with E-state index in [0.29, 0.717) is 23.6 Å². The van der Waals surface area contributed by atoms with Crippen LogP contribution in [0.4, 0.5) is 0 Å². The first-order chi connectivity index (χ1) is 12.9. The highest BCUT2D eigenvalue weighted by molar-refractivity contribution is 7.99. The summed E-state index contributed by atoms with van der Waals surface area (Å²) in [7, 11) is 3.15. The van der Waals surface area contributed by atoms with E-state index >= 15 is 0 Å². The highest BCUT2D eigenvalue weighted by Gasteiger charge is 2.34. The van der Waals surface area contributed by atoms with Gasteiger partial charge in [0, 0.05) is 12.3 Å². The van der Waals surface area contributed by atoms with Crippen LogP contribution in [0.25, 0.3) is 0 Å². The van der Waals surface area contributed by atoms with Crippen molar-refractivity contribution in [2.24, 2.45) is 0 Å². The van der Waals surface area contributed by atoms with Crippen LogP contribution in [0.1, 0.15) is 47.6 Å². The van der Waals surface area contributed by atoms with E-state index in [-0.39, 0.29) is 16.7 Å². The number of benzene rings is 2. The Kier molecular flexibility index (Phi) is 5.70. The molecule has 5 heteroatoms. The van der Waals surface area contributed by atoms with Crippen molar-refractivity contribution in [3.63, 3.8) is 0 Å². The summed E-state index contributed by atoms with van der Waals surface area (Å²) in [6, 6.07) is 14.0. The maximum atomic E-state index is 13.4. The van der Waals surface area contributed by atoms with Crippen LogP contribution < -0.4 is 9.47 Å². The molecule has 1 amide bonds. The maximum absolute atomic E-state index is 13.4. The molecule has 1 unspecified atom stereocenters. The van der Waals surface area contributed by atoms with Gasteiger partial charge in [0.15, 0.2) is 0 Å². The van der Waals surface area contributed by atoms with Gasteiger partial charge in [-0.05, 0) is 28.7 Å². The zero-order chi connectivity index (χ0) is 19.6. The lowest BCUT2D eigenvalue weighted by atomic mass is 9.86. The van der Waals surface area contributed by atoms with Crippen molar-refractivity contribution in [3.8, 4) is 11.5 Å². The monoisotopic (exact) mass is 385 g/mol. The molecule has 0 aliphatic carbocycles. The molecular formula is C22H27NO3S. The zero-order valence-electron chi connectivity index (χ0n) is 16.6. The van der Waals surface area contributed by atoms with E-state index in [0.717, 1.165) is 11.3 Å². The van der Waals surface area contributed by atoms with Crippen LogP contribution in [0, 0.1) is 0 Å². The molecule has 2 aromatic rings. The average Bonchev–Trinajstić information content (AvgIpc) is 3.16. The van der Waals surface area contributed by atoms with Gasteiger partial charge < -0.3 is 14.4 Å².